The number of carbonyl (C=O) groups is 4. The van der Waals surface area contributed by atoms with E-state index in [0.717, 1.165) is 19.4 Å². The van der Waals surface area contributed by atoms with Gasteiger partial charge in [0.1, 0.15) is 12.4 Å². The second kappa shape index (κ2) is 16.3. The Morgan fingerprint density at radius 3 is 2.57 bits per heavy atom. The molecule has 2 fully saturated rings. The number of rotatable bonds is 17. The number of hydrogen-bond donors (Lipinski definition) is 5. The molecule has 2 aromatic rings. The minimum Gasteiger partial charge on any atom is -0.481 e. The largest absolute Gasteiger partial charge is 0.481 e. The molecule has 2 aliphatic rings. The fraction of sp³-hybridized carbons (Fsp3) is 0.571. The number of ether oxygens (including phenoxy) is 1. The number of likely N-dealkylation sites (tertiary alicyclic amines) is 1. The number of piperidine rings is 1. The van der Waals surface area contributed by atoms with Gasteiger partial charge in [0.25, 0.3) is 0 Å². The van der Waals surface area contributed by atoms with Gasteiger partial charge in [-0.25, -0.2) is 13.5 Å². The van der Waals surface area contributed by atoms with Crippen molar-refractivity contribution in [1.29, 1.82) is 0 Å². The Bertz CT molecular complexity index is 1520. The van der Waals surface area contributed by atoms with E-state index in [9.17, 15) is 32.7 Å². The molecule has 6 N–H and O–H groups in total. The number of hydrogen-bond acceptors (Lipinski definition) is 12. The fourth-order valence-corrected chi connectivity index (χ4v) is 6.61. The van der Waals surface area contributed by atoms with Gasteiger partial charge in [0.2, 0.25) is 21.8 Å². The Morgan fingerprint density at radius 2 is 1.96 bits per heavy atom. The maximum absolute atomic E-state index is 14.1. The molecular formula is C28H40N10O8S. The first-order valence-electron chi connectivity index (χ1n) is 15.3. The summed E-state index contributed by atoms with van der Waals surface area (Å²) in [5.41, 5.74) is 0.517. The van der Waals surface area contributed by atoms with Gasteiger partial charge >= 0.3 is 11.9 Å². The van der Waals surface area contributed by atoms with Gasteiger partial charge in [-0.3, -0.25) is 19.2 Å². The van der Waals surface area contributed by atoms with Crippen molar-refractivity contribution < 1.29 is 37.4 Å². The van der Waals surface area contributed by atoms with Crippen molar-refractivity contribution in [2.45, 2.75) is 62.4 Å². The summed E-state index contributed by atoms with van der Waals surface area (Å²) < 4.78 is 34.6. The number of aromatic amines is 1. The summed E-state index contributed by atoms with van der Waals surface area (Å²) in [5, 5.41) is 29.2. The number of nitrogens with one attached hydrogen (secondary N) is 3. The highest BCUT2D eigenvalue weighted by Crippen LogP contribution is 2.30. The van der Waals surface area contributed by atoms with E-state index in [0.29, 0.717) is 30.8 Å². The summed E-state index contributed by atoms with van der Waals surface area (Å²) >= 11 is 0. The number of carboxylic acids is 1. The zero-order valence-corrected chi connectivity index (χ0v) is 26.8. The van der Waals surface area contributed by atoms with Crippen LogP contribution in [0, 0.1) is 11.8 Å². The van der Waals surface area contributed by atoms with Crippen LogP contribution in [0.3, 0.4) is 0 Å². The standard InChI is InChI=1S/C28H40N10O8S/c1-2-46-28(43)20(12-25(40)41)16-38(21-7-8-21)27(42)23(13-24(39)30-14-18-4-3-11-37(15-18)17-31-29)34-47(44,45)22-9-5-19(6-10-22)26-32-35-36-33-26/h5-6,9-10,17-18,20-21,23,34H,2-4,7-8,11-16,29H2,1H3,(H,30,39)(H,40,41)(H,32,33,35,36)/t18-,20?,23-/m0/s1. The summed E-state index contributed by atoms with van der Waals surface area (Å²) in [6.45, 7) is 2.97. The molecule has 4 rings (SSSR count). The van der Waals surface area contributed by atoms with Crippen LogP contribution in [0.1, 0.15) is 45.4 Å². The van der Waals surface area contributed by atoms with Crippen LogP contribution in [0.25, 0.3) is 11.4 Å². The molecule has 1 saturated heterocycles. The third-order valence-corrected chi connectivity index (χ3v) is 9.35. The van der Waals surface area contributed by atoms with Gasteiger partial charge in [-0.05, 0) is 73.2 Å². The van der Waals surface area contributed by atoms with Crippen LogP contribution < -0.4 is 15.9 Å². The van der Waals surface area contributed by atoms with E-state index >= 15 is 0 Å². The number of H-pyrrole nitrogens is 1. The SMILES string of the molecule is CCOC(=O)C(CC(=O)O)CN(C(=O)[C@H](CC(=O)NC[C@@H]1CCCN(C=NN)C1)NS(=O)(=O)c1ccc(-c2nnn[nH]2)cc1)C1CC1. The molecule has 1 aromatic carbocycles. The van der Waals surface area contributed by atoms with Crippen molar-refractivity contribution >= 4 is 40.1 Å². The summed E-state index contributed by atoms with van der Waals surface area (Å²) in [6.07, 6.45) is 3.27. The van der Waals surface area contributed by atoms with Crippen LogP contribution in [-0.4, -0.2) is 119 Å². The highest BCUT2D eigenvalue weighted by atomic mass is 32.2. The number of amides is 2. The number of nitrogens with zero attached hydrogens (tertiary/aromatic N) is 6. The summed E-state index contributed by atoms with van der Waals surface area (Å²) in [6, 6.07) is 3.67. The number of benzene rings is 1. The van der Waals surface area contributed by atoms with Crippen LogP contribution in [0.15, 0.2) is 34.3 Å². The number of sulfonamides is 1. The van der Waals surface area contributed by atoms with Crippen molar-refractivity contribution in [3.63, 3.8) is 0 Å². The third kappa shape index (κ3) is 10.2. The first kappa shape index (κ1) is 35.2. The zero-order valence-electron chi connectivity index (χ0n) is 25.9. The zero-order chi connectivity index (χ0) is 34.0. The number of carbonyl (C=O) groups excluding carboxylic acids is 3. The minimum absolute atomic E-state index is 0.0123. The highest BCUT2D eigenvalue weighted by Gasteiger charge is 2.41. The molecule has 0 spiro atoms. The first-order chi connectivity index (χ1) is 22.5. The average Bonchev–Trinajstić information content (AvgIpc) is 3.73. The van der Waals surface area contributed by atoms with Crippen molar-refractivity contribution in [2.24, 2.45) is 22.8 Å². The van der Waals surface area contributed by atoms with Crippen LogP contribution in [-0.2, 0) is 33.9 Å². The number of esters is 1. The minimum atomic E-state index is -4.35. The normalized spacial score (nSPS) is 18.0. The molecule has 256 valence electrons. The second-order valence-electron chi connectivity index (χ2n) is 11.5. The van der Waals surface area contributed by atoms with Crippen LogP contribution in [0.5, 0.6) is 0 Å². The number of nitrogens with two attached hydrogens (primary N) is 1. The van der Waals surface area contributed by atoms with E-state index in [-0.39, 0.29) is 36.6 Å². The second-order valence-corrected chi connectivity index (χ2v) is 13.2. The molecule has 1 saturated carbocycles. The number of carboxylic acid groups (broad SMARTS) is 1. The van der Waals surface area contributed by atoms with Gasteiger partial charge in [-0.15, -0.1) is 5.10 Å². The Morgan fingerprint density at radius 1 is 1.21 bits per heavy atom. The van der Waals surface area contributed by atoms with E-state index in [2.05, 4.69) is 35.8 Å². The van der Waals surface area contributed by atoms with Crippen LogP contribution in [0.2, 0.25) is 0 Å². The van der Waals surface area contributed by atoms with E-state index < -0.39 is 58.6 Å². The molecule has 2 amide bonds. The quantitative estimate of drug-likeness (QED) is 0.0456. The number of aromatic nitrogens is 4. The molecule has 0 bridgehead atoms. The van der Waals surface area contributed by atoms with Gasteiger partial charge in [-0.1, -0.05) is 0 Å². The molecule has 1 aliphatic carbocycles. The maximum Gasteiger partial charge on any atom is 0.311 e. The monoisotopic (exact) mass is 676 g/mol. The summed E-state index contributed by atoms with van der Waals surface area (Å²) in [4.78, 5) is 54.5. The number of hydrazone groups is 1. The average molecular weight is 677 g/mol. The van der Waals surface area contributed by atoms with Gasteiger partial charge < -0.3 is 30.8 Å². The molecule has 2 heterocycles. The highest BCUT2D eigenvalue weighted by molar-refractivity contribution is 7.89. The molecule has 1 aromatic heterocycles. The Kier molecular flexibility index (Phi) is 12.2. The number of tetrazole rings is 1. The summed E-state index contributed by atoms with van der Waals surface area (Å²) in [7, 11) is -4.35. The van der Waals surface area contributed by atoms with Crippen molar-refractivity contribution in [3.05, 3.63) is 24.3 Å². The maximum atomic E-state index is 14.1. The van der Waals surface area contributed by atoms with E-state index in [4.69, 9.17) is 10.6 Å². The Hall–Kier alpha value is -4.65. The predicted octanol–water partition coefficient (Wildman–Crippen LogP) is -0.721. The molecule has 1 aliphatic heterocycles. The molecule has 47 heavy (non-hydrogen) atoms. The van der Waals surface area contributed by atoms with Gasteiger partial charge in [0, 0.05) is 37.8 Å². The van der Waals surface area contributed by atoms with Gasteiger partial charge in [0.05, 0.1) is 30.3 Å². The van der Waals surface area contributed by atoms with Crippen LogP contribution >= 0.6 is 0 Å². The lowest BCUT2D eigenvalue weighted by molar-refractivity contribution is -0.154. The summed E-state index contributed by atoms with van der Waals surface area (Å²) in [5.74, 6) is 1.13. The van der Waals surface area contributed by atoms with Crippen molar-refractivity contribution in [2.75, 3.05) is 32.8 Å². The Labute approximate surface area is 271 Å². The molecule has 18 nitrogen and oxygen atoms in total. The Balaban J connectivity index is 1.54. The van der Waals surface area contributed by atoms with Crippen LogP contribution in [0.4, 0.5) is 0 Å². The third-order valence-electron chi connectivity index (χ3n) is 7.87. The molecule has 0 radical (unpaired) electrons. The number of aliphatic carboxylic acids is 1. The lowest BCUT2D eigenvalue weighted by Crippen LogP contribution is -2.53. The van der Waals surface area contributed by atoms with Gasteiger partial charge in [-0.2, -0.15) is 9.82 Å². The van der Waals surface area contributed by atoms with Crippen molar-refractivity contribution in [3.8, 4) is 11.4 Å². The lowest BCUT2D eigenvalue weighted by Gasteiger charge is -2.31. The molecular weight excluding hydrogens is 636 g/mol. The predicted molar refractivity (Wildman–Crippen MR) is 165 cm³/mol. The molecule has 1 unspecified atom stereocenters. The fourth-order valence-electron chi connectivity index (χ4n) is 5.42. The van der Waals surface area contributed by atoms with E-state index in [1.54, 1.807) is 6.92 Å². The first-order valence-corrected chi connectivity index (χ1v) is 16.8. The smallest absolute Gasteiger partial charge is 0.311 e. The van der Waals surface area contributed by atoms with Gasteiger partial charge in [0.15, 0.2) is 5.82 Å². The molecule has 19 heteroatoms. The lowest BCUT2D eigenvalue weighted by atomic mass is 9.98. The molecule has 3 atom stereocenters. The van der Waals surface area contributed by atoms with E-state index in [1.165, 1.54) is 35.5 Å². The van der Waals surface area contributed by atoms with Crippen molar-refractivity contribution in [1.82, 2.24) is 40.5 Å². The topological polar surface area (TPSA) is 255 Å². The van der Waals surface area contributed by atoms with E-state index in [1.807, 2.05) is 4.90 Å².